The summed E-state index contributed by atoms with van der Waals surface area (Å²) in [6.07, 6.45) is 0.389. The number of likely N-dealkylation sites (tertiary alicyclic amines) is 1. The molecule has 1 aliphatic heterocycles. The van der Waals surface area contributed by atoms with E-state index in [-0.39, 0.29) is 24.9 Å². The molecule has 0 aliphatic carbocycles. The van der Waals surface area contributed by atoms with E-state index >= 15 is 0 Å². The van der Waals surface area contributed by atoms with Gasteiger partial charge in [0.2, 0.25) is 5.91 Å². The monoisotopic (exact) mass is 259 g/mol. The number of hydrogen-bond donors (Lipinski definition) is 4. The summed E-state index contributed by atoms with van der Waals surface area (Å²) < 4.78 is 0. The average Bonchev–Trinajstić information content (AvgIpc) is 2.32. The number of aliphatic hydroxyl groups excluding tert-OH is 1. The van der Waals surface area contributed by atoms with Crippen LogP contribution in [0.25, 0.3) is 0 Å². The van der Waals surface area contributed by atoms with E-state index in [4.69, 9.17) is 15.9 Å². The van der Waals surface area contributed by atoms with Crippen LogP contribution in [0.5, 0.6) is 0 Å². The predicted molar refractivity (Wildman–Crippen MR) is 64.9 cm³/mol. The molecule has 0 spiro atoms. The molecule has 0 aromatic rings. The first-order valence-corrected chi connectivity index (χ1v) is 6.14. The smallest absolute Gasteiger partial charge is 0.332 e. The molecule has 18 heavy (non-hydrogen) atoms. The highest BCUT2D eigenvalue weighted by Crippen LogP contribution is 2.07. The number of aliphatic carboxylic acids is 1. The van der Waals surface area contributed by atoms with Crippen LogP contribution in [0.1, 0.15) is 19.3 Å². The first-order valence-electron chi connectivity index (χ1n) is 6.14. The molecule has 0 radical (unpaired) electrons. The van der Waals surface area contributed by atoms with Gasteiger partial charge in [0.05, 0.1) is 6.54 Å². The molecule has 1 amide bonds. The summed E-state index contributed by atoms with van der Waals surface area (Å²) in [6, 6.07) is 0.232. The highest BCUT2D eigenvalue weighted by Gasteiger charge is 2.18. The van der Waals surface area contributed by atoms with Crippen molar-refractivity contribution in [3.05, 3.63) is 0 Å². The summed E-state index contributed by atoms with van der Waals surface area (Å²) in [6.45, 7) is 2.09. The zero-order valence-corrected chi connectivity index (χ0v) is 10.3. The van der Waals surface area contributed by atoms with Gasteiger partial charge in [0.15, 0.2) is 6.10 Å². The molecule has 1 fully saturated rings. The van der Waals surface area contributed by atoms with Crippen LogP contribution in [-0.4, -0.2) is 65.3 Å². The van der Waals surface area contributed by atoms with Gasteiger partial charge in [-0.1, -0.05) is 0 Å². The zero-order valence-electron chi connectivity index (χ0n) is 10.3. The van der Waals surface area contributed by atoms with E-state index in [0.29, 0.717) is 6.54 Å². The third kappa shape index (κ3) is 5.44. The number of rotatable bonds is 6. The largest absolute Gasteiger partial charge is 0.479 e. The summed E-state index contributed by atoms with van der Waals surface area (Å²) in [5.41, 5.74) is 5.76. The number of amides is 1. The number of hydrogen-bond acceptors (Lipinski definition) is 5. The van der Waals surface area contributed by atoms with E-state index in [2.05, 4.69) is 5.32 Å². The fraction of sp³-hybridized carbons (Fsp3) is 0.818. The molecule has 7 heteroatoms. The Hall–Kier alpha value is -1.18. The molecule has 1 atom stereocenters. The highest BCUT2D eigenvalue weighted by atomic mass is 16.4. The van der Waals surface area contributed by atoms with Crippen LogP contribution in [0.2, 0.25) is 0 Å². The lowest BCUT2D eigenvalue weighted by Gasteiger charge is -2.29. The van der Waals surface area contributed by atoms with E-state index in [1.807, 2.05) is 4.90 Å². The van der Waals surface area contributed by atoms with E-state index in [9.17, 15) is 9.59 Å². The van der Waals surface area contributed by atoms with Crippen molar-refractivity contribution < 1.29 is 19.8 Å². The molecule has 0 saturated carbocycles. The van der Waals surface area contributed by atoms with Crippen LogP contribution in [-0.2, 0) is 9.59 Å². The number of carboxylic acids is 1. The second-order valence-electron chi connectivity index (χ2n) is 4.61. The van der Waals surface area contributed by atoms with Crippen molar-refractivity contribution in [3.8, 4) is 0 Å². The van der Waals surface area contributed by atoms with Gasteiger partial charge >= 0.3 is 5.97 Å². The lowest BCUT2D eigenvalue weighted by Crippen LogP contribution is -2.45. The van der Waals surface area contributed by atoms with Crippen LogP contribution < -0.4 is 11.1 Å². The molecule has 0 aromatic heterocycles. The Morgan fingerprint density at radius 3 is 2.56 bits per heavy atom. The van der Waals surface area contributed by atoms with Gasteiger partial charge in [0.1, 0.15) is 0 Å². The van der Waals surface area contributed by atoms with Crippen molar-refractivity contribution in [1.82, 2.24) is 10.2 Å². The van der Waals surface area contributed by atoms with Crippen molar-refractivity contribution in [1.29, 1.82) is 0 Å². The van der Waals surface area contributed by atoms with Crippen molar-refractivity contribution in [2.45, 2.75) is 31.4 Å². The van der Waals surface area contributed by atoms with Gasteiger partial charge in [0, 0.05) is 32.1 Å². The minimum Gasteiger partial charge on any atom is -0.479 e. The number of carbonyl (C=O) groups is 2. The zero-order chi connectivity index (χ0) is 13.5. The maximum absolute atomic E-state index is 11.5. The van der Waals surface area contributed by atoms with Crippen molar-refractivity contribution in [3.63, 3.8) is 0 Å². The van der Waals surface area contributed by atoms with E-state index in [0.717, 1.165) is 25.9 Å². The van der Waals surface area contributed by atoms with E-state index < -0.39 is 12.1 Å². The number of carbonyl (C=O) groups excluding carboxylic acids is 1. The Kier molecular flexibility index (Phi) is 6.03. The molecule has 104 valence electrons. The van der Waals surface area contributed by atoms with Crippen molar-refractivity contribution in [2.75, 3.05) is 26.2 Å². The van der Waals surface area contributed by atoms with Gasteiger partial charge in [0.25, 0.3) is 0 Å². The quantitative estimate of drug-likeness (QED) is 0.455. The predicted octanol–water partition coefficient (Wildman–Crippen LogP) is -1.64. The van der Waals surface area contributed by atoms with Crippen molar-refractivity contribution in [2.24, 2.45) is 5.73 Å². The Labute approximate surface area is 106 Å². The molecule has 1 aliphatic rings. The van der Waals surface area contributed by atoms with Gasteiger partial charge < -0.3 is 21.3 Å². The third-order valence-electron chi connectivity index (χ3n) is 3.02. The normalized spacial score (nSPS) is 19.4. The van der Waals surface area contributed by atoms with Crippen LogP contribution in [0.4, 0.5) is 0 Å². The summed E-state index contributed by atoms with van der Waals surface area (Å²) in [5, 5.41) is 20.1. The second-order valence-corrected chi connectivity index (χ2v) is 4.61. The molecule has 0 unspecified atom stereocenters. The summed E-state index contributed by atoms with van der Waals surface area (Å²) in [7, 11) is 0. The average molecular weight is 259 g/mol. The molecule has 0 aromatic carbocycles. The molecule has 7 nitrogen and oxygen atoms in total. The van der Waals surface area contributed by atoms with Crippen LogP contribution >= 0.6 is 0 Å². The molecular weight excluding hydrogens is 238 g/mol. The Morgan fingerprint density at radius 2 is 2.00 bits per heavy atom. The second kappa shape index (κ2) is 7.30. The first-order chi connectivity index (χ1) is 8.49. The molecule has 1 rings (SSSR count). The Morgan fingerprint density at radius 1 is 1.39 bits per heavy atom. The fourth-order valence-corrected chi connectivity index (χ4v) is 1.84. The highest BCUT2D eigenvalue weighted by molar-refractivity contribution is 5.78. The van der Waals surface area contributed by atoms with Gasteiger partial charge in [-0.2, -0.15) is 0 Å². The number of aliphatic hydroxyl groups is 1. The van der Waals surface area contributed by atoms with Crippen LogP contribution in [0.3, 0.4) is 0 Å². The van der Waals surface area contributed by atoms with Gasteiger partial charge in [-0.3, -0.25) is 9.69 Å². The lowest BCUT2D eigenvalue weighted by molar-refractivity contribution is -0.147. The molecular formula is C11H21N3O4. The first kappa shape index (κ1) is 14.9. The van der Waals surface area contributed by atoms with E-state index in [1.165, 1.54) is 0 Å². The van der Waals surface area contributed by atoms with E-state index in [1.54, 1.807) is 0 Å². The molecule has 1 heterocycles. The van der Waals surface area contributed by atoms with Gasteiger partial charge in [-0.15, -0.1) is 0 Å². The maximum Gasteiger partial charge on any atom is 0.332 e. The number of carboxylic acid groups (broad SMARTS) is 1. The number of nitrogens with one attached hydrogen (secondary N) is 1. The molecule has 5 N–H and O–H groups in total. The number of piperidine rings is 1. The number of nitrogens with zero attached hydrogens (tertiary/aromatic N) is 1. The molecule has 1 saturated heterocycles. The lowest BCUT2D eigenvalue weighted by atomic mass is 10.1. The van der Waals surface area contributed by atoms with Gasteiger partial charge in [-0.25, -0.2) is 4.79 Å². The molecule has 0 bridgehead atoms. The van der Waals surface area contributed by atoms with Crippen LogP contribution in [0.15, 0.2) is 0 Å². The van der Waals surface area contributed by atoms with Gasteiger partial charge in [-0.05, 0) is 12.8 Å². The number of nitrogens with two attached hydrogens (primary N) is 1. The SMILES string of the molecule is NC1CCN(CC(=O)NCC[C@H](O)C(=O)O)CC1. The minimum atomic E-state index is -1.42. The Bertz CT molecular complexity index is 290. The summed E-state index contributed by atoms with van der Waals surface area (Å²) in [4.78, 5) is 23.9. The third-order valence-corrected chi connectivity index (χ3v) is 3.02. The summed E-state index contributed by atoms with van der Waals surface area (Å²) in [5.74, 6) is -1.42. The van der Waals surface area contributed by atoms with Crippen molar-refractivity contribution >= 4 is 11.9 Å². The standard InChI is InChI=1S/C11H21N3O4/c12-8-2-5-14(6-3-8)7-10(16)13-4-1-9(15)11(17)18/h8-9,15H,1-7,12H2,(H,13,16)(H,17,18)/t9-/m0/s1. The summed E-state index contributed by atoms with van der Waals surface area (Å²) >= 11 is 0. The maximum atomic E-state index is 11.5. The minimum absolute atomic E-state index is 0.0198. The Balaban J connectivity index is 2.12. The topological polar surface area (TPSA) is 116 Å². The fourth-order valence-electron chi connectivity index (χ4n) is 1.84. The van der Waals surface area contributed by atoms with Crippen LogP contribution in [0, 0.1) is 0 Å².